The van der Waals surface area contributed by atoms with Crippen molar-refractivity contribution in [3.05, 3.63) is 30.1 Å². The Kier molecular flexibility index (Phi) is 2.02. The van der Waals surface area contributed by atoms with Gasteiger partial charge in [0.1, 0.15) is 6.33 Å². The van der Waals surface area contributed by atoms with Crippen LogP contribution in [0.4, 0.5) is 5.95 Å². The third kappa shape index (κ3) is 1.55. The smallest absolute Gasteiger partial charge is 0.231 e. The molecule has 96 valence electrons. The number of carbonyl (C=O) groups is 1. The number of benzene rings is 1. The minimum atomic E-state index is -0.166. The van der Waals surface area contributed by atoms with E-state index in [1.54, 1.807) is 4.68 Å². The van der Waals surface area contributed by atoms with E-state index >= 15 is 0 Å². The summed E-state index contributed by atoms with van der Waals surface area (Å²) in [5.41, 5.74) is 0.950. The van der Waals surface area contributed by atoms with Gasteiger partial charge in [-0.3, -0.25) is 10.1 Å². The van der Waals surface area contributed by atoms with E-state index < -0.39 is 0 Å². The minimum Gasteiger partial charge on any atom is -0.454 e. The first-order valence-electron chi connectivity index (χ1n) is 5.90. The highest BCUT2D eigenvalue weighted by atomic mass is 16.7. The Balaban J connectivity index is 1.79. The topological polar surface area (TPSA) is 78.3 Å². The molecule has 0 spiro atoms. The van der Waals surface area contributed by atoms with Crippen molar-refractivity contribution in [2.45, 2.75) is 12.5 Å². The molecular weight excluding hydrogens is 248 g/mol. The zero-order chi connectivity index (χ0) is 12.8. The molecule has 7 heteroatoms. The summed E-state index contributed by atoms with van der Waals surface area (Å²) in [6.45, 7) is 0.235. The summed E-state index contributed by atoms with van der Waals surface area (Å²) in [6.07, 6.45) is 1.76. The first kappa shape index (κ1) is 10.4. The van der Waals surface area contributed by atoms with Gasteiger partial charge in [-0.2, -0.15) is 10.1 Å². The number of amides is 1. The van der Waals surface area contributed by atoms with Gasteiger partial charge in [0.05, 0.1) is 12.5 Å². The van der Waals surface area contributed by atoms with Crippen molar-refractivity contribution in [1.29, 1.82) is 0 Å². The van der Waals surface area contributed by atoms with Gasteiger partial charge in [-0.15, -0.1) is 0 Å². The molecule has 0 bridgehead atoms. The first-order chi connectivity index (χ1) is 9.31. The number of fused-ring (bicyclic) bond motifs is 2. The maximum absolute atomic E-state index is 11.7. The van der Waals surface area contributed by atoms with E-state index in [0.29, 0.717) is 18.1 Å². The summed E-state index contributed by atoms with van der Waals surface area (Å²) in [6, 6.07) is 5.49. The number of carbonyl (C=O) groups excluding carboxylic acids is 1. The highest BCUT2D eigenvalue weighted by Crippen LogP contribution is 2.37. The van der Waals surface area contributed by atoms with Crippen LogP contribution in [-0.2, 0) is 4.79 Å². The van der Waals surface area contributed by atoms with E-state index in [1.165, 1.54) is 6.33 Å². The fraction of sp³-hybridized carbons (Fsp3) is 0.250. The van der Waals surface area contributed by atoms with Gasteiger partial charge in [0, 0.05) is 0 Å². The molecule has 0 radical (unpaired) electrons. The molecule has 0 unspecified atom stereocenters. The molecule has 1 amide bonds. The van der Waals surface area contributed by atoms with Gasteiger partial charge in [0.25, 0.3) is 0 Å². The van der Waals surface area contributed by atoms with E-state index in [-0.39, 0.29) is 18.7 Å². The molecule has 2 aliphatic heterocycles. The van der Waals surface area contributed by atoms with Crippen molar-refractivity contribution in [2.24, 2.45) is 0 Å². The molecule has 0 fully saturated rings. The standard InChI is InChI=1S/C12H10N4O3/c17-11-4-8(16-12(15-11)13-5-14-16)7-1-2-9-10(3-7)19-6-18-9/h1-3,5,8H,4,6H2,(H,13,14,15,17)/t8-/m1/s1. The van der Waals surface area contributed by atoms with E-state index in [2.05, 4.69) is 15.4 Å². The van der Waals surface area contributed by atoms with Crippen molar-refractivity contribution >= 4 is 11.9 Å². The van der Waals surface area contributed by atoms with Crippen molar-refractivity contribution in [3.8, 4) is 11.5 Å². The summed E-state index contributed by atoms with van der Waals surface area (Å²) in [4.78, 5) is 15.7. The molecule has 0 aliphatic carbocycles. The van der Waals surface area contributed by atoms with Gasteiger partial charge < -0.3 is 9.47 Å². The maximum atomic E-state index is 11.7. The molecule has 1 aromatic heterocycles. The summed E-state index contributed by atoms with van der Waals surface area (Å²) >= 11 is 0. The lowest BCUT2D eigenvalue weighted by atomic mass is 10.0. The second-order valence-corrected chi connectivity index (χ2v) is 4.41. The molecule has 2 aliphatic rings. The predicted octanol–water partition coefficient (Wildman–Crippen LogP) is 0.938. The number of hydrogen-bond acceptors (Lipinski definition) is 5. The molecule has 1 N–H and O–H groups in total. The Morgan fingerprint density at radius 1 is 1.32 bits per heavy atom. The molecule has 4 rings (SSSR count). The summed E-state index contributed by atoms with van der Waals surface area (Å²) in [7, 11) is 0. The second-order valence-electron chi connectivity index (χ2n) is 4.41. The summed E-state index contributed by atoms with van der Waals surface area (Å²) in [5, 5.41) is 6.85. The Morgan fingerprint density at radius 3 is 3.16 bits per heavy atom. The van der Waals surface area contributed by atoms with Crippen LogP contribution in [0.15, 0.2) is 24.5 Å². The molecule has 3 heterocycles. The highest BCUT2D eigenvalue weighted by molar-refractivity contribution is 5.91. The number of aromatic nitrogens is 3. The highest BCUT2D eigenvalue weighted by Gasteiger charge is 2.28. The second kappa shape index (κ2) is 3.71. The predicted molar refractivity (Wildman–Crippen MR) is 64.0 cm³/mol. The molecule has 1 aromatic carbocycles. The van der Waals surface area contributed by atoms with Gasteiger partial charge in [0.2, 0.25) is 18.6 Å². The Labute approximate surface area is 108 Å². The lowest BCUT2D eigenvalue weighted by Crippen LogP contribution is -2.29. The summed E-state index contributed by atoms with van der Waals surface area (Å²) in [5.74, 6) is 1.83. The normalized spacial score (nSPS) is 20.0. The van der Waals surface area contributed by atoms with E-state index in [1.807, 2.05) is 18.2 Å². The van der Waals surface area contributed by atoms with Crippen LogP contribution in [0.1, 0.15) is 18.0 Å². The molecule has 0 saturated heterocycles. The average Bonchev–Trinajstić information content (AvgIpc) is 3.04. The monoisotopic (exact) mass is 258 g/mol. The van der Waals surface area contributed by atoms with Crippen LogP contribution in [0.25, 0.3) is 0 Å². The van der Waals surface area contributed by atoms with Crippen LogP contribution in [0.3, 0.4) is 0 Å². The number of anilines is 1. The number of nitrogens with zero attached hydrogens (tertiary/aromatic N) is 3. The Bertz CT molecular complexity index is 667. The zero-order valence-electron chi connectivity index (χ0n) is 9.87. The van der Waals surface area contributed by atoms with Crippen LogP contribution >= 0.6 is 0 Å². The maximum Gasteiger partial charge on any atom is 0.231 e. The van der Waals surface area contributed by atoms with Crippen molar-refractivity contribution < 1.29 is 14.3 Å². The van der Waals surface area contributed by atoms with Gasteiger partial charge >= 0.3 is 0 Å². The van der Waals surface area contributed by atoms with Crippen LogP contribution in [0.2, 0.25) is 0 Å². The average molecular weight is 258 g/mol. The largest absolute Gasteiger partial charge is 0.454 e. The summed E-state index contributed by atoms with van der Waals surface area (Å²) < 4.78 is 12.3. The third-order valence-electron chi connectivity index (χ3n) is 3.28. The van der Waals surface area contributed by atoms with Crippen LogP contribution in [0, 0.1) is 0 Å². The number of nitrogens with one attached hydrogen (secondary N) is 1. The Morgan fingerprint density at radius 2 is 2.21 bits per heavy atom. The minimum absolute atomic E-state index is 0.0665. The van der Waals surface area contributed by atoms with Crippen molar-refractivity contribution in [1.82, 2.24) is 14.8 Å². The van der Waals surface area contributed by atoms with Gasteiger partial charge in [-0.25, -0.2) is 4.68 Å². The fourth-order valence-corrected chi connectivity index (χ4v) is 2.38. The lowest BCUT2D eigenvalue weighted by molar-refractivity contribution is -0.117. The van der Waals surface area contributed by atoms with Gasteiger partial charge in [-0.1, -0.05) is 6.07 Å². The SMILES string of the molecule is O=C1C[C@H](c2ccc3c(c2)OCO3)n2ncnc2N1. The quantitative estimate of drug-likeness (QED) is 0.823. The molecule has 1 atom stereocenters. The third-order valence-corrected chi connectivity index (χ3v) is 3.28. The van der Waals surface area contributed by atoms with Crippen molar-refractivity contribution in [3.63, 3.8) is 0 Å². The molecule has 0 saturated carbocycles. The number of hydrogen-bond donors (Lipinski definition) is 1. The van der Waals surface area contributed by atoms with E-state index in [9.17, 15) is 4.79 Å². The van der Waals surface area contributed by atoms with E-state index in [4.69, 9.17) is 9.47 Å². The fourth-order valence-electron chi connectivity index (χ4n) is 2.38. The Hall–Kier alpha value is -2.57. The van der Waals surface area contributed by atoms with Crippen LogP contribution in [-0.4, -0.2) is 27.5 Å². The lowest BCUT2D eigenvalue weighted by Gasteiger charge is -2.23. The van der Waals surface area contributed by atoms with E-state index in [0.717, 1.165) is 11.3 Å². The van der Waals surface area contributed by atoms with Gasteiger partial charge in [-0.05, 0) is 17.7 Å². The molecule has 7 nitrogen and oxygen atoms in total. The molecule has 2 aromatic rings. The first-order valence-corrected chi connectivity index (χ1v) is 5.90. The van der Waals surface area contributed by atoms with Crippen LogP contribution in [0.5, 0.6) is 11.5 Å². The van der Waals surface area contributed by atoms with Gasteiger partial charge in [0.15, 0.2) is 11.5 Å². The van der Waals surface area contributed by atoms with Crippen molar-refractivity contribution in [2.75, 3.05) is 12.1 Å². The number of ether oxygens (including phenoxy) is 2. The number of rotatable bonds is 1. The molecule has 19 heavy (non-hydrogen) atoms. The zero-order valence-corrected chi connectivity index (χ0v) is 9.87. The van der Waals surface area contributed by atoms with Crippen LogP contribution < -0.4 is 14.8 Å². The molecular formula is C12H10N4O3.